The summed E-state index contributed by atoms with van der Waals surface area (Å²) in [6.07, 6.45) is 8.82. The minimum Gasteiger partial charge on any atom is -0.419 e. The number of nitrogens with one attached hydrogen (secondary N) is 1. The average Bonchev–Trinajstić information content (AvgIpc) is 2.17. The summed E-state index contributed by atoms with van der Waals surface area (Å²) in [6, 6.07) is 0.304. The molecule has 0 spiro atoms. The van der Waals surface area contributed by atoms with Crippen molar-refractivity contribution in [1.82, 2.24) is 5.32 Å². The van der Waals surface area contributed by atoms with Gasteiger partial charge in [0, 0.05) is 6.04 Å². The fraction of sp³-hybridized carbons (Fsp3) is 0.700. The molecule has 0 atom stereocenters. The van der Waals surface area contributed by atoms with Gasteiger partial charge in [0.25, 0.3) is 0 Å². The second-order valence-electron chi connectivity index (χ2n) is 3.73. The zero-order valence-electron chi connectivity index (χ0n) is 8.72. The molecule has 1 N–H and O–H groups in total. The Morgan fingerprint density at radius 3 is 2.44 bits per heavy atom. The monoisotopic (exact) mass is 561 g/mol. The lowest BCUT2D eigenvalue weighted by atomic mass is 9.96. The van der Waals surface area contributed by atoms with E-state index in [-0.39, 0.29) is 5.53 Å². The maximum Gasteiger partial charge on any atom is 0.412 e. The predicted octanol–water partition coefficient (Wildman–Crippen LogP) is 4.52. The Balaban J connectivity index is 2.22. The number of ether oxygens (including phenoxy) is 1. The second kappa shape index (κ2) is 7.59. The third-order valence-corrected chi connectivity index (χ3v) is 3.44. The third-order valence-electron chi connectivity index (χ3n) is 2.36. The molecule has 92 valence electrons. The first-order valence-electron chi connectivity index (χ1n) is 5.19. The quantitative estimate of drug-likeness (QED) is 0.313. The molecule has 0 bridgehead atoms. The molecule has 1 fully saturated rings. The molecule has 0 heterocycles. The topological polar surface area (TPSA) is 38.3 Å². The van der Waals surface area contributed by atoms with E-state index in [0.29, 0.717) is 6.04 Å². The summed E-state index contributed by atoms with van der Waals surface area (Å²) in [7, 11) is 0. The number of halogens is 3. The van der Waals surface area contributed by atoms with Gasteiger partial charge in [0.2, 0.25) is 0 Å². The van der Waals surface area contributed by atoms with Gasteiger partial charge in [-0.25, -0.2) is 4.79 Å². The van der Waals surface area contributed by atoms with Gasteiger partial charge < -0.3 is 10.1 Å². The Morgan fingerprint density at radius 2 is 1.88 bits per heavy atom. The molecule has 6 heteroatoms. The molecule has 1 saturated carbocycles. The molecule has 0 aromatic heterocycles. The molecule has 16 heavy (non-hydrogen) atoms. The fourth-order valence-electron chi connectivity index (χ4n) is 1.62. The van der Waals surface area contributed by atoms with E-state index >= 15 is 0 Å². The van der Waals surface area contributed by atoms with Crippen LogP contribution in [-0.2, 0) is 4.74 Å². The first kappa shape index (κ1) is 15.3. The van der Waals surface area contributed by atoms with Crippen LogP contribution in [0.25, 0.3) is 0 Å². The van der Waals surface area contributed by atoms with Crippen molar-refractivity contribution in [3.63, 3.8) is 0 Å². The summed E-state index contributed by atoms with van der Waals surface area (Å²) in [4.78, 5) is 11.4. The van der Waals surface area contributed by atoms with Crippen molar-refractivity contribution in [1.29, 1.82) is 0 Å². The molecule has 0 unspecified atom stereocenters. The third kappa shape index (κ3) is 7.51. The van der Waals surface area contributed by atoms with Crippen LogP contribution in [-0.4, -0.2) is 11.6 Å². The Morgan fingerprint density at radius 1 is 1.25 bits per heavy atom. The van der Waals surface area contributed by atoms with Crippen LogP contribution in [0.2, 0.25) is 0 Å². The van der Waals surface area contributed by atoms with Gasteiger partial charge in [-0.1, -0.05) is 87.0 Å². The first-order chi connectivity index (χ1) is 7.47. The van der Waals surface area contributed by atoms with E-state index < -0.39 is 0 Å². The van der Waals surface area contributed by atoms with Crippen LogP contribution in [0.3, 0.4) is 0 Å². The van der Waals surface area contributed by atoms with Gasteiger partial charge in [0.05, 0.1) is 6.26 Å². The summed E-state index contributed by atoms with van der Waals surface area (Å²) >= 11 is 6.76. The van der Waals surface area contributed by atoms with Crippen molar-refractivity contribution in [2.45, 2.75) is 37.6 Å². The number of hydrogen-bond acceptors (Lipinski definition) is 2. The maximum absolute atomic E-state index is 11.4. The molecule has 0 saturated heterocycles. The fourth-order valence-corrected chi connectivity index (χ4v) is 2.06. The number of carbonyl (C=O) groups excluding carboxylic acids is 1. The van der Waals surface area contributed by atoms with Crippen LogP contribution < -0.4 is 5.32 Å². The number of carbonyl (C=O) groups is 1. The van der Waals surface area contributed by atoms with Crippen LogP contribution >= 0.6 is 67.8 Å². The Kier molecular flexibility index (Phi) is 7.24. The van der Waals surface area contributed by atoms with Crippen molar-refractivity contribution in [3.8, 4) is 0 Å². The minimum absolute atomic E-state index is 0.0433. The van der Waals surface area contributed by atoms with Crippen LogP contribution in [0.5, 0.6) is 0 Å². The standard InChI is InChI=1S/C10H14I3NO2/c11-10(12,13)6-7-16-9(15)14-8-4-2-1-3-5-8/h6-8H,1-5H2,(H,14,15). The lowest BCUT2D eigenvalue weighted by molar-refractivity contribution is 0.177. The highest BCUT2D eigenvalue weighted by Gasteiger charge is 2.16. The highest BCUT2D eigenvalue weighted by molar-refractivity contribution is 14.3. The molecular weight excluding hydrogens is 547 g/mol. The Labute approximate surface area is 137 Å². The molecule has 0 aliphatic heterocycles. The van der Waals surface area contributed by atoms with E-state index in [1.165, 1.54) is 25.5 Å². The summed E-state index contributed by atoms with van der Waals surface area (Å²) in [5.74, 6) is 0. The van der Waals surface area contributed by atoms with Gasteiger partial charge in [-0.2, -0.15) is 0 Å². The van der Waals surface area contributed by atoms with Crippen molar-refractivity contribution >= 4 is 73.9 Å². The van der Waals surface area contributed by atoms with Gasteiger partial charge in [-0.15, -0.1) is 0 Å². The van der Waals surface area contributed by atoms with Gasteiger partial charge in [-0.3, -0.25) is 0 Å². The van der Waals surface area contributed by atoms with Crippen molar-refractivity contribution in [2.24, 2.45) is 0 Å². The molecule has 1 aliphatic rings. The number of alkyl carbamates (subject to hydrolysis) is 1. The molecule has 0 radical (unpaired) electrons. The summed E-state index contributed by atoms with van der Waals surface area (Å²) in [6.45, 7) is 0. The maximum atomic E-state index is 11.4. The SMILES string of the molecule is O=C(NC1CCCCC1)OC=CC(I)(I)I. The van der Waals surface area contributed by atoms with Gasteiger partial charge in [-0.05, 0) is 18.9 Å². The molecule has 0 aromatic rings. The number of rotatable bonds is 3. The smallest absolute Gasteiger partial charge is 0.412 e. The zero-order valence-corrected chi connectivity index (χ0v) is 15.2. The van der Waals surface area contributed by atoms with Crippen LogP contribution in [0.1, 0.15) is 32.1 Å². The Bertz CT molecular complexity index is 257. The van der Waals surface area contributed by atoms with Crippen molar-refractivity contribution < 1.29 is 9.53 Å². The average molecular weight is 561 g/mol. The zero-order chi connectivity index (χ0) is 12.0. The lowest BCUT2D eigenvalue weighted by Gasteiger charge is -2.21. The molecule has 0 aromatic carbocycles. The number of alkyl halides is 3. The van der Waals surface area contributed by atoms with Crippen LogP contribution in [0, 0.1) is 0 Å². The Hall–Kier alpha value is 1.20. The number of amides is 1. The lowest BCUT2D eigenvalue weighted by Crippen LogP contribution is -2.35. The molecule has 1 aliphatic carbocycles. The highest BCUT2D eigenvalue weighted by atomic mass is 127. The van der Waals surface area contributed by atoms with E-state index in [1.54, 1.807) is 0 Å². The van der Waals surface area contributed by atoms with E-state index in [2.05, 4.69) is 73.1 Å². The van der Waals surface area contributed by atoms with E-state index in [1.807, 2.05) is 6.08 Å². The van der Waals surface area contributed by atoms with E-state index in [0.717, 1.165) is 12.8 Å². The van der Waals surface area contributed by atoms with Crippen molar-refractivity contribution in [2.75, 3.05) is 0 Å². The largest absolute Gasteiger partial charge is 0.419 e. The normalized spacial score (nSPS) is 18.7. The highest BCUT2D eigenvalue weighted by Crippen LogP contribution is 2.36. The van der Waals surface area contributed by atoms with Gasteiger partial charge >= 0.3 is 6.09 Å². The predicted molar refractivity (Wildman–Crippen MR) is 90.4 cm³/mol. The summed E-state index contributed by atoms with van der Waals surface area (Å²) in [5.41, 5.74) is 0. The number of hydrogen-bond donors (Lipinski definition) is 1. The van der Waals surface area contributed by atoms with Crippen LogP contribution in [0.4, 0.5) is 4.79 Å². The molecular formula is C10H14I3NO2. The number of allylic oxidation sites excluding steroid dienone is 1. The first-order valence-corrected chi connectivity index (χ1v) is 8.42. The van der Waals surface area contributed by atoms with Crippen LogP contribution in [0.15, 0.2) is 12.3 Å². The van der Waals surface area contributed by atoms with E-state index in [4.69, 9.17) is 4.74 Å². The molecule has 1 rings (SSSR count). The van der Waals surface area contributed by atoms with Gasteiger partial charge in [0.1, 0.15) is -0.565 Å². The molecule has 3 nitrogen and oxygen atoms in total. The second-order valence-corrected chi connectivity index (χ2v) is 15.0. The van der Waals surface area contributed by atoms with Crippen molar-refractivity contribution in [3.05, 3.63) is 12.3 Å². The summed E-state index contributed by atoms with van der Waals surface area (Å²) in [5, 5.41) is 2.89. The summed E-state index contributed by atoms with van der Waals surface area (Å²) < 4.78 is 4.93. The van der Waals surface area contributed by atoms with Gasteiger partial charge in [0.15, 0.2) is 0 Å². The minimum atomic E-state index is -0.336. The molecule has 1 amide bonds. The van der Waals surface area contributed by atoms with E-state index in [9.17, 15) is 4.79 Å².